The van der Waals surface area contributed by atoms with Crippen molar-refractivity contribution in [2.45, 2.75) is 6.61 Å². The Labute approximate surface area is 117 Å². The first-order chi connectivity index (χ1) is 9.72. The van der Waals surface area contributed by atoms with Crippen LogP contribution in [0, 0.1) is 0 Å². The van der Waals surface area contributed by atoms with Gasteiger partial charge in [0.1, 0.15) is 18.1 Å². The molecular weight excluding hydrogens is 256 g/mol. The van der Waals surface area contributed by atoms with Crippen LogP contribution in [0.1, 0.15) is 15.9 Å². The normalized spacial score (nSPS) is 10.9. The van der Waals surface area contributed by atoms with Gasteiger partial charge in [-0.05, 0) is 35.9 Å². The third-order valence-electron chi connectivity index (χ3n) is 2.82. The molecule has 104 valence electrons. The SMILES string of the molecule is COC(=O)c1cccc(OC)c1.c1cc2ccc1CO2. The number of esters is 1. The zero-order valence-corrected chi connectivity index (χ0v) is 11.5. The molecule has 4 heteroatoms. The Kier molecular flexibility index (Phi) is 4.60. The van der Waals surface area contributed by atoms with Gasteiger partial charge in [0.2, 0.25) is 0 Å². The summed E-state index contributed by atoms with van der Waals surface area (Å²) in [5.41, 5.74) is 1.76. The number of fused-ring (bicyclic) bond motifs is 3. The molecule has 2 aliphatic rings. The maximum Gasteiger partial charge on any atom is 0.337 e. The highest BCUT2D eigenvalue weighted by Gasteiger charge is 2.04. The van der Waals surface area contributed by atoms with Crippen molar-refractivity contribution in [1.29, 1.82) is 0 Å². The van der Waals surface area contributed by atoms with Gasteiger partial charge in [-0.2, -0.15) is 0 Å². The van der Waals surface area contributed by atoms with Gasteiger partial charge in [-0.1, -0.05) is 18.2 Å². The number of carbonyl (C=O) groups is 1. The van der Waals surface area contributed by atoms with Gasteiger partial charge < -0.3 is 14.2 Å². The minimum absolute atomic E-state index is 0.353. The zero-order chi connectivity index (χ0) is 14.4. The monoisotopic (exact) mass is 272 g/mol. The van der Waals surface area contributed by atoms with E-state index in [4.69, 9.17) is 9.47 Å². The Morgan fingerprint density at radius 1 is 1.10 bits per heavy atom. The molecule has 4 rings (SSSR count). The van der Waals surface area contributed by atoms with Crippen LogP contribution in [0.5, 0.6) is 11.5 Å². The minimum Gasteiger partial charge on any atom is -0.497 e. The Hall–Kier alpha value is -2.49. The van der Waals surface area contributed by atoms with Crippen molar-refractivity contribution in [3.8, 4) is 11.5 Å². The molecule has 2 heterocycles. The lowest BCUT2D eigenvalue weighted by Crippen LogP contribution is -2.00. The molecule has 2 aromatic carbocycles. The third-order valence-corrected chi connectivity index (χ3v) is 2.82. The van der Waals surface area contributed by atoms with E-state index >= 15 is 0 Å². The first-order valence-electron chi connectivity index (χ1n) is 6.17. The van der Waals surface area contributed by atoms with Crippen LogP contribution < -0.4 is 9.47 Å². The van der Waals surface area contributed by atoms with E-state index < -0.39 is 0 Å². The van der Waals surface area contributed by atoms with E-state index in [0.29, 0.717) is 11.3 Å². The molecule has 0 radical (unpaired) electrons. The molecule has 0 spiro atoms. The maximum absolute atomic E-state index is 11.0. The van der Waals surface area contributed by atoms with Crippen LogP contribution in [0.4, 0.5) is 0 Å². The van der Waals surface area contributed by atoms with E-state index in [2.05, 4.69) is 16.9 Å². The van der Waals surface area contributed by atoms with Crippen LogP contribution in [-0.2, 0) is 11.3 Å². The summed E-state index contributed by atoms with van der Waals surface area (Å²) >= 11 is 0. The molecule has 0 aromatic heterocycles. The van der Waals surface area contributed by atoms with Crippen molar-refractivity contribution < 1.29 is 19.0 Å². The van der Waals surface area contributed by atoms with Gasteiger partial charge in [0.25, 0.3) is 0 Å². The van der Waals surface area contributed by atoms with Crippen LogP contribution in [0.15, 0.2) is 48.5 Å². The summed E-state index contributed by atoms with van der Waals surface area (Å²) in [7, 11) is 2.90. The Bertz CT molecular complexity index is 552. The number of hydrogen-bond donors (Lipinski definition) is 0. The van der Waals surface area contributed by atoms with Crippen LogP contribution in [0.3, 0.4) is 0 Å². The summed E-state index contributed by atoms with van der Waals surface area (Å²) in [5.74, 6) is 1.28. The highest BCUT2D eigenvalue weighted by Crippen LogP contribution is 2.19. The predicted molar refractivity (Wildman–Crippen MR) is 75.1 cm³/mol. The minimum atomic E-state index is -0.353. The lowest BCUT2D eigenvalue weighted by atomic mass is 10.2. The van der Waals surface area contributed by atoms with Crippen LogP contribution in [-0.4, -0.2) is 20.2 Å². The molecule has 0 atom stereocenters. The fraction of sp³-hybridized carbons (Fsp3) is 0.188. The van der Waals surface area contributed by atoms with E-state index in [0.717, 1.165) is 12.4 Å². The van der Waals surface area contributed by atoms with Crippen molar-refractivity contribution in [2.24, 2.45) is 0 Å². The smallest absolute Gasteiger partial charge is 0.337 e. The highest BCUT2D eigenvalue weighted by molar-refractivity contribution is 5.89. The fourth-order valence-corrected chi connectivity index (χ4v) is 1.72. The van der Waals surface area contributed by atoms with Crippen molar-refractivity contribution >= 4 is 5.97 Å². The van der Waals surface area contributed by atoms with E-state index in [-0.39, 0.29) is 5.97 Å². The topological polar surface area (TPSA) is 44.8 Å². The lowest BCUT2D eigenvalue weighted by molar-refractivity contribution is 0.0600. The average molecular weight is 272 g/mol. The molecule has 0 fully saturated rings. The molecular formula is C16H16O4. The zero-order valence-electron chi connectivity index (χ0n) is 11.5. The van der Waals surface area contributed by atoms with E-state index in [1.165, 1.54) is 12.7 Å². The Morgan fingerprint density at radius 2 is 1.85 bits per heavy atom. The molecule has 0 unspecified atom stereocenters. The number of benzene rings is 2. The molecule has 0 saturated carbocycles. The van der Waals surface area contributed by atoms with Crippen molar-refractivity contribution in [3.05, 3.63) is 59.7 Å². The average Bonchev–Trinajstić information content (AvgIpc) is 2.56. The standard InChI is InChI=1S/C9H10O3.C7H6O/c1-11-8-5-3-4-7(6-8)9(10)12-2;1-3-7-4-2-6(1)5-8-7/h3-6H,1-2H3;1-4H,5H2. The molecule has 0 saturated heterocycles. The molecule has 4 nitrogen and oxygen atoms in total. The number of hydrogen-bond acceptors (Lipinski definition) is 4. The van der Waals surface area contributed by atoms with Crippen molar-refractivity contribution in [1.82, 2.24) is 0 Å². The molecule has 2 aliphatic heterocycles. The largest absolute Gasteiger partial charge is 0.497 e. The third kappa shape index (κ3) is 3.51. The lowest BCUT2D eigenvalue weighted by Gasteiger charge is -2.11. The van der Waals surface area contributed by atoms with Gasteiger partial charge >= 0.3 is 5.97 Å². The molecule has 0 N–H and O–H groups in total. The summed E-state index contributed by atoms with van der Waals surface area (Å²) in [6.45, 7) is 0.766. The van der Waals surface area contributed by atoms with Crippen LogP contribution >= 0.6 is 0 Å². The maximum atomic E-state index is 11.0. The van der Waals surface area contributed by atoms with E-state index in [1.54, 1.807) is 31.4 Å². The fourth-order valence-electron chi connectivity index (χ4n) is 1.72. The number of carbonyl (C=O) groups excluding carboxylic acids is 1. The molecule has 0 aliphatic carbocycles. The summed E-state index contributed by atoms with van der Waals surface area (Å²) in [5, 5.41) is 0. The summed E-state index contributed by atoms with van der Waals surface area (Å²) in [6, 6.07) is 15.0. The van der Waals surface area contributed by atoms with Gasteiger partial charge in [0.05, 0.1) is 19.8 Å². The molecule has 2 aromatic rings. The predicted octanol–water partition coefficient (Wildman–Crippen LogP) is 3.06. The summed E-state index contributed by atoms with van der Waals surface area (Å²) in [4.78, 5) is 11.0. The Balaban J connectivity index is 0.000000157. The summed E-state index contributed by atoms with van der Waals surface area (Å²) < 4.78 is 14.7. The van der Waals surface area contributed by atoms with Crippen LogP contribution in [0.25, 0.3) is 0 Å². The highest BCUT2D eigenvalue weighted by atomic mass is 16.5. The number of ether oxygens (including phenoxy) is 3. The van der Waals surface area contributed by atoms with Crippen molar-refractivity contribution in [3.63, 3.8) is 0 Å². The van der Waals surface area contributed by atoms with E-state index in [9.17, 15) is 4.79 Å². The van der Waals surface area contributed by atoms with Crippen LogP contribution in [0.2, 0.25) is 0 Å². The quantitative estimate of drug-likeness (QED) is 0.788. The summed E-state index contributed by atoms with van der Waals surface area (Å²) in [6.07, 6.45) is 0. The molecule has 2 bridgehead atoms. The van der Waals surface area contributed by atoms with Gasteiger partial charge in [0.15, 0.2) is 0 Å². The second-order valence-corrected chi connectivity index (χ2v) is 4.16. The number of rotatable bonds is 2. The second kappa shape index (κ2) is 6.61. The molecule has 0 amide bonds. The van der Waals surface area contributed by atoms with Crippen molar-refractivity contribution in [2.75, 3.05) is 14.2 Å². The van der Waals surface area contributed by atoms with Gasteiger partial charge in [-0.3, -0.25) is 0 Å². The van der Waals surface area contributed by atoms with Gasteiger partial charge in [-0.25, -0.2) is 4.79 Å². The van der Waals surface area contributed by atoms with E-state index in [1.807, 2.05) is 12.1 Å². The first-order valence-corrected chi connectivity index (χ1v) is 6.17. The van der Waals surface area contributed by atoms with Gasteiger partial charge in [0, 0.05) is 0 Å². The number of methoxy groups -OCH3 is 2. The Morgan fingerprint density at radius 3 is 2.25 bits per heavy atom. The van der Waals surface area contributed by atoms with Gasteiger partial charge in [-0.15, -0.1) is 0 Å². The second-order valence-electron chi connectivity index (χ2n) is 4.16. The molecule has 20 heavy (non-hydrogen) atoms. The first kappa shape index (κ1) is 13.9.